The molecule has 2 aliphatic rings. The third-order valence-corrected chi connectivity index (χ3v) is 7.64. The van der Waals surface area contributed by atoms with E-state index in [4.69, 9.17) is 4.74 Å². The van der Waals surface area contributed by atoms with Gasteiger partial charge in [0.05, 0.1) is 12.0 Å². The number of nitrogens with one attached hydrogen (secondary N) is 1. The Morgan fingerprint density at radius 1 is 1.10 bits per heavy atom. The number of piperazine rings is 1. The minimum absolute atomic E-state index is 0. The SMILES string of the molecule is COc1ccc(S(=O)(=O)N2CCN(CCNC(=O)CC3CCCC3)CC2)cc1.Cl. The predicted octanol–water partition coefficient (Wildman–Crippen LogP) is 2.12. The van der Waals surface area contributed by atoms with Crippen LogP contribution in [0.5, 0.6) is 5.75 Å². The lowest BCUT2D eigenvalue weighted by atomic mass is 10.0. The summed E-state index contributed by atoms with van der Waals surface area (Å²) in [6.07, 6.45) is 5.51. The van der Waals surface area contributed by atoms with Gasteiger partial charge in [0.1, 0.15) is 5.75 Å². The van der Waals surface area contributed by atoms with Crippen LogP contribution >= 0.6 is 12.4 Å². The van der Waals surface area contributed by atoms with Crippen molar-refractivity contribution >= 4 is 28.3 Å². The highest BCUT2D eigenvalue weighted by atomic mass is 35.5. The molecule has 0 atom stereocenters. The standard InChI is InChI=1S/C20H31N3O4S.ClH/c1-27-18-6-8-19(9-7-18)28(25,26)23-14-12-22(13-15-23)11-10-21-20(24)16-17-4-2-3-5-17;/h6-9,17H,2-5,10-16H2,1H3,(H,21,24);1H. The quantitative estimate of drug-likeness (QED) is 0.663. The van der Waals surface area contributed by atoms with E-state index >= 15 is 0 Å². The molecule has 0 aromatic heterocycles. The van der Waals surface area contributed by atoms with Gasteiger partial charge in [-0.15, -0.1) is 12.4 Å². The second kappa shape index (κ2) is 11.2. The molecule has 0 unspecified atom stereocenters. The minimum atomic E-state index is -3.48. The third-order valence-electron chi connectivity index (χ3n) is 5.73. The van der Waals surface area contributed by atoms with Gasteiger partial charge < -0.3 is 10.1 Å². The first-order chi connectivity index (χ1) is 13.5. The van der Waals surface area contributed by atoms with Crippen LogP contribution in [-0.2, 0) is 14.8 Å². The summed E-state index contributed by atoms with van der Waals surface area (Å²) in [5, 5.41) is 3.01. The summed E-state index contributed by atoms with van der Waals surface area (Å²) >= 11 is 0. The first-order valence-corrected chi connectivity index (χ1v) is 11.6. The highest BCUT2D eigenvalue weighted by Crippen LogP contribution is 2.27. The van der Waals surface area contributed by atoms with Crippen molar-refractivity contribution in [3.05, 3.63) is 24.3 Å². The zero-order valence-electron chi connectivity index (χ0n) is 17.0. The summed E-state index contributed by atoms with van der Waals surface area (Å²) in [6.45, 7) is 3.65. The monoisotopic (exact) mass is 445 g/mol. The normalized spacial score (nSPS) is 18.9. The summed E-state index contributed by atoms with van der Waals surface area (Å²) in [6, 6.07) is 6.50. The average molecular weight is 446 g/mol. The molecule has 1 aromatic carbocycles. The van der Waals surface area contributed by atoms with Gasteiger partial charge in [-0.05, 0) is 43.0 Å². The fraction of sp³-hybridized carbons (Fsp3) is 0.650. The van der Waals surface area contributed by atoms with Gasteiger partial charge in [-0.3, -0.25) is 9.69 Å². The number of hydrogen-bond donors (Lipinski definition) is 1. The van der Waals surface area contributed by atoms with E-state index in [1.165, 1.54) is 30.0 Å². The van der Waals surface area contributed by atoms with Crippen molar-refractivity contribution in [2.75, 3.05) is 46.4 Å². The van der Waals surface area contributed by atoms with E-state index in [2.05, 4.69) is 10.2 Å². The Labute approximate surface area is 180 Å². The summed E-state index contributed by atoms with van der Waals surface area (Å²) in [7, 11) is -1.92. The molecule has 29 heavy (non-hydrogen) atoms. The molecule has 164 valence electrons. The first-order valence-electron chi connectivity index (χ1n) is 10.1. The van der Waals surface area contributed by atoms with E-state index < -0.39 is 10.0 Å². The number of amides is 1. The number of halogens is 1. The Balaban J connectivity index is 0.00000300. The number of carbonyl (C=O) groups excluding carboxylic acids is 1. The molecule has 1 amide bonds. The van der Waals surface area contributed by atoms with Crippen molar-refractivity contribution in [2.45, 2.75) is 37.0 Å². The third kappa shape index (κ3) is 6.57. The highest BCUT2D eigenvalue weighted by molar-refractivity contribution is 7.89. The maximum Gasteiger partial charge on any atom is 0.243 e. The van der Waals surface area contributed by atoms with Crippen LogP contribution in [0.3, 0.4) is 0 Å². The van der Waals surface area contributed by atoms with Crippen molar-refractivity contribution in [3.63, 3.8) is 0 Å². The lowest BCUT2D eigenvalue weighted by molar-refractivity contribution is -0.122. The van der Waals surface area contributed by atoms with Crippen LogP contribution in [0.4, 0.5) is 0 Å². The smallest absolute Gasteiger partial charge is 0.243 e. The Morgan fingerprint density at radius 2 is 1.72 bits per heavy atom. The summed E-state index contributed by atoms with van der Waals surface area (Å²) in [5.41, 5.74) is 0. The van der Waals surface area contributed by atoms with Crippen LogP contribution in [0.15, 0.2) is 29.2 Å². The van der Waals surface area contributed by atoms with Crippen molar-refractivity contribution in [3.8, 4) is 5.75 Å². The molecule has 9 heteroatoms. The maximum atomic E-state index is 12.8. The summed E-state index contributed by atoms with van der Waals surface area (Å²) < 4.78 is 32.2. The molecule has 1 aliphatic heterocycles. The number of benzene rings is 1. The van der Waals surface area contributed by atoms with Crippen LogP contribution in [0.2, 0.25) is 0 Å². The molecule has 0 spiro atoms. The predicted molar refractivity (Wildman–Crippen MR) is 115 cm³/mol. The Bertz CT molecular complexity index is 743. The molecular weight excluding hydrogens is 414 g/mol. The van der Waals surface area contributed by atoms with Crippen molar-refractivity contribution in [2.24, 2.45) is 5.92 Å². The first kappa shape index (κ1) is 23.9. The average Bonchev–Trinajstić information content (AvgIpc) is 3.21. The van der Waals surface area contributed by atoms with E-state index in [0.29, 0.717) is 55.7 Å². The summed E-state index contributed by atoms with van der Waals surface area (Å²) in [5.74, 6) is 1.35. The molecule has 1 heterocycles. The Kier molecular flexibility index (Phi) is 9.20. The zero-order chi connectivity index (χ0) is 20.0. The van der Waals surface area contributed by atoms with Crippen LogP contribution in [-0.4, -0.2) is 69.9 Å². The molecule has 1 N–H and O–H groups in total. The van der Waals surface area contributed by atoms with Gasteiger partial charge in [0, 0.05) is 45.7 Å². The van der Waals surface area contributed by atoms with Crippen molar-refractivity contribution < 1.29 is 17.9 Å². The van der Waals surface area contributed by atoms with Gasteiger partial charge in [-0.1, -0.05) is 12.8 Å². The molecule has 1 saturated heterocycles. The van der Waals surface area contributed by atoms with E-state index in [1.54, 1.807) is 31.4 Å². The molecule has 1 saturated carbocycles. The van der Waals surface area contributed by atoms with Gasteiger partial charge in [0.25, 0.3) is 0 Å². The van der Waals surface area contributed by atoms with Crippen LogP contribution < -0.4 is 10.1 Å². The van der Waals surface area contributed by atoms with E-state index in [1.807, 2.05) is 0 Å². The van der Waals surface area contributed by atoms with Gasteiger partial charge in [-0.2, -0.15) is 4.31 Å². The fourth-order valence-corrected chi connectivity index (χ4v) is 5.41. The maximum absolute atomic E-state index is 12.8. The number of nitrogens with zero attached hydrogens (tertiary/aromatic N) is 2. The number of sulfonamides is 1. The topological polar surface area (TPSA) is 79.0 Å². The zero-order valence-corrected chi connectivity index (χ0v) is 18.6. The van der Waals surface area contributed by atoms with E-state index in [9.17, 15) is 13.2 Å². The van der Waals surface area contributed by atoms with Crippen LogP contribution in [0.25, 0.3) is 0 Å². The van der Waals surface area contributed by atoms with Gasteiger partial charge in [0.15, 0.2) is 0 Å². The molecule has 2 fully saturated rings. The van der Waals surface area contributed by atoms with E-state index in [-0.39, 0.29) is 18.3 Å². The molecule has 3 rings (SSSR count). The molecule has 0 radical (unpaired) electrons. The largest absolute Gasteiger partial charge is 0.497 e. The lowest BCUT2D eigenvalue weighted by Gasteiger charge is -2.34. The highest BCUT2D eigenvalue weighted by Gasteiger charge is 2.28. The molecular formula is C20H32ClN3O4S. The van der Waals surface area contributed by atoms with Crippen molar-refractivity contribution in [1.82, 2.24) is 14.5 Å². The number of rotatable bonds is 8. The van der Waals surface area contributed by atoms with Gasteiger partial charge in [0.2, 0.25) is 15.9 Å². The molecule has 7 nitrogen and oxygen atoms in total. The minimum Gasteiger partial charge on any atom is -0.497 e. The van der Waals surface area contributed by atoms with E-state index in [0.717, 1.165) is 6.54 Å². The molecule has 0 bridgehead atoms. The van der Waals surface area contributed by atoms with Gasteiger partial charge in [-0.25, -0.2) is 8.42 Å². The van der Waals surface area contributed by atoms with Crippen molar-refractivity contribution in [1.29, 1.82) is 0 Å². The second-order valence-corrected chi connectivity index (χ2v) is 9.56. The Morgan fingerprint density at radius 3 is 2.31 bits per heavy atom. The van der Waals surface area contributed by atoms with Crippen LogP contribution in [0.1, 0.15) is 32.1 Å². The number of methoxy groups -OCH3 is 1. The lowest BCUT2D eigenvalue weighted by Crippen LogP contribution is -2.50. The van der Waals surface area contributed by atoms with Gasteiger partial charge >= 0.3 is 0 Å². The molecule has 1 aromatic rings. The Hall–Kier alpha value is -1.35. The second-order valence-electron chi connectivity index (χ2n) is 7.63. The number of hydrogen-bond acceptors (Lipinski definition) is 5. The number of ether oxygens (including phenoxy) is 1. The molecule has 1 aliphatic carbocycles. The summed E-state index contributed by atoms with van der Waals surface area (Å²) in [4.78, 5) is 14.5. The van der Waals surface area contributed by atoms with Crippen LogP contribution in [0, 0.1) is 5.92 Å². The number of carbonyl (C=O) groups is 1. The fourth-order valence-electron chi connectivity index (χ4n) is 3.99.